The predicted molar refractivity (Wildman–Crippen MR) is 18.7 cm³/mol. The first-order valence-electron chi connectivity index (χ1n) is 1.47. The van der Waals surface area contributed by atoms with E-state index in [1.54, 1.807) is 12.5 Å². The Balaban J connectivity index is 0.000000250. The summed E-state index contributed by atoms with van der Waals surface area (Å²) in [5.41, 5.74) is 0. The minimum atomic E-state index is 0. The molecule has 6 heavy (non-hydrogen) atoms. The molecule has 1 rings (SSSR count). The van der Waals surface area contributed by atoms with E-state index in [2.05, 4.69) is 4.42 Å². The van der Waals surface area contributed by atoms with Crippen molar-refractivity contribution in [2.24, 2.45) is 0 Å². The Kier molecular flexibility index (Phi) is 3.00. The zero-order valence-corrected chi connectivity index (χ0v) is 4.56. The molecular formula is C4H4OV+5. The summed E-state index contributed by atoms with van der Waals surface area (Å²) in [6.45, 7) is 0. The standard InChI is InChI=1S/C4H4O.V/c1-2-4-5-3-1;/h1-4H;/q;+5. The Hall–Kier alpha value is -0.136. The molecule has 0 bridgehead atoms. The van der Waals surface area contributed by atoms with E-state index in [0.29, 0.717) is 0 Å². The zero-order valence-electron chi connectivity index (χ0n) is 3.16. The maximum atomic E-state index is 4.58. The summed E-state index contributed by atoms with van der Waals surface area (Å²) in [6.07, 6.45) is 3.25. The molecule has 0 unspecified atom stereocenters. The third-order valence-corrected chi connectivity index (χ3v) is 0.425. The minimum Gasteiger partial charge on any atom is -0.473 e. The van der Waals surface area contributed by atoms with E-state index in [1.807, 2.05) is 12.1 Å². The first-order valence-corrected chi connectivity index (χ1v) is 1.47. The fourth-order valence-corrected chi connectivity index (χ4v) is 0.227. The molecule has 0 saturated carbocycles. The average Bonchev–Trinajstić information content (AvgIpc) is 1.76. The van der Waals surface area contributed by atoms with Crippen LogP contribution in [0.3, 0.4) is 0 Å². The van der Waals surface area contributed by atoms with Gasteiger partial charge in [-0.2, -0.15) is 0 Å². The minimum absolute atomic E-state index is 0. The van der Waals surface area contributed by atoms with E-state index < -0.39 is 0 Å². The molecule has 0 fully saturated rings. The van der Waals surface area contributed by atoms with E-state index >= 15 is 0 Å². The Morgan fingerprint density at radius 1 is 1.00 bits per heavy atom. The molecule has 0 spiro atoms. The van der Waals surface area contributed by atoms with Gasteiger partial charge in [-0.05, 0) is 12.1 Å². The normalized spacial score (nSPS) is 6.67. The summed E-state index contributed by atoms with van der Waals surface area (Å²) in [7, 11) is 0. The quantitative estimate of drug-likeness (QED) is 0.501. The van der Waals surface area contributed by atoms with E-state index in [4.69, 9.17) is 0 Å². The maximum Gasteiger partial charge on any atom is 5.00 e. The molecule has 0 aliphatic heterocycles. The van der Waals surface area contributed by atoms with Gasteiger partial charge in [0.1, 0.15) is 0 Å². The fourth-order valence-electron chi connectivity index (χ4n) is 0.227. The van der Waals surface area contributed by atoms with Gasteiger partial charge in [0.25, 0.3) is 0 Å². The fraction of sp³-hybridized carbons (Fsp3) is 0. The van der Waals surface area contributed by atoms with E-state index in [0.717, 1.165) is 0 Å². The molecule has 0 amide bonds. The van der Waals surface area contributed by atoms with E-state index in [9.17, 15) is 0 Å². The van der Waals surface area contributed by atoms with Gasteiger partial charge in [0.2, 0.25) is 0 Å². The summed E-state index contributed by atoms with van der Waals surface area (Å²) >= 11 is 0. The largest absolute Gasteiger partial charge is 5.00 e. The van der Waals surface area contributed by atoms with Crippen molar-refractivity contribution >= 4 is 0 Å². The van der Waals surface area contributed by atoms with Crippen molar-refractivity contribution in [2.45, 2.75) is 0 Å². The molecule has 0 aromatic carbocycles. The van der Waals surface area contributed by atoms with E-state index in [1.165, 1.54) is 0 Å². The number of furan rings is 1. The van der Waals surface area contributed by atoms with Crippen molar-refractivity contribution in [1.29, 1.82) is 0 Å². The molecule has 0 aliphatic rings. The second-order valence-corrected chi connectivity index (χ2v) is 0.793. The van der Waals surface area contributed by atoms with E-state index in [-0.39, 0.29) is 18.6 Å². The summed E-state index contributed by atoms with van der Waals surface area (Å²) in [6, 6.07) is 3.67. The van der Waals surface area contributed by atoms with Crippen LogP contribution < -0.4 is 0 Å². The molecule has 0 N–H and O–H groups in total. The number of rotatable bonds is 0. The molecule has 0 saturated heterocycles. The SMILES string of the molecule is [V+5].c1ccoc1. The van der Waals surface area contributed by atoms with Gasteiger partial charge in [-0.3, -0.25) is 0 Å². The maximum absolute atomic E-state index is 4.58. The average molecular weight is 119 g/mol. The van der Waals surface area contributed by atoms with Crippen LogP contribution in [0.5, 0.6) is 0 Å². The van der Waals surface area contributed by atoms with Crippen LogP contribution in [0.4, 0.5) is 0 Å². The van der Waals surface area contributed by atoms with Crippen LogP contribution in [-0.4, -0.2) is 0 Å². The van der Waals surface area contributed by atoms with Gasteiger partial charge in [0.15, 0.2) is 0 Å². The van der Waals surface area contributed by atoms with Crippen LogP contribution in [0.25, 0.3) is 0 Å². The van der Waals surface area contributed by atoms with Crippen molar-refractivity contribution in [3.05, 3.63) is 24.7 Å². The molecule has 0 radical (unpaired) electrons. The van der Waals surface area contributed by atoms with Crippen molar-refractivity contribution in [1.82, 2.24) is 0 Å². The van der Waals surface area contributed by atoms with Crippen LogP contribution in [0.1, 0.15) is 0 Å². The molecule has 1 aromatic heterocycles. The second kappa shape index (κ2) is 3.07. The third-order valence-electron chi connectivity index (χ3n) is 0.425. The van der Waals surface area contributed by atoms with Crippen LogP contribution in [0, 0.1) is 0 Å². The Bertz CT molecular complexity index is 64.0. The van der Waals surface area contributed by atoms with Crippen molar-refractivity contribution in [3.63, 3.8) is 0 Å². The summed E-state index contributed by atoms with van der Waals surface area (Å²) < 4.78 is 4.58. The first-order chi connectivity index (χ1) is 2.50. The molecule has 1 nitrogen and oxygen atoms in total. The van der Waals surface area contributed by atoms with Crippen LogP contribution in [-0.2, 0) is 18.6 Å². The summed E-state index contributed by atoms with van der Waals surface area (Å²) in [5, 5.41) is 0. The monoisotopic (exact) mass is 119 g/mol. The molecule has 0 aliphatic carbocycles. The van der Waals surface area contributed by atoms with Gasteiger partial charge in [-0.25, -0.2) is 0 Å². The number of hydrogen-bond donors (Lipinski definition) is 0. The van der Waals surface area contributed by atoms with Gasteiger partial charge >= 0.3 is 18.6 Å². The topological polar surface area (TPSA) is 13.1 Å². The first kappa shape index (κ1) is 5.86. The molecule has 1 aromatic rings. The molecule has 0 atom stereocenters. The molecule has 1 heterocycles. The second-order valence-electron chi connectivity index (χ2n) is 0.793. The molecular weight excluding hydrogens is 115 g/mol. The smallest absolute Gasteiger partial charge is 0.473 e. The van der Waals surface area contributed by atoms with Gasteiger partial charge in [0, 0.05) is 0 Å². The zero-order chi connectivity index (χ0) is 3.54. The van der Waals surface area contributed by atoms with Gasteiger partial charge in [-0.1, -0.05) is 0 Å². The summed E-state index contributed by atoms with van der Waals surface area (Å²) in [4.78, 5) is 0. The van der Waals surface area contributed by atoms with Gasteiger partial charge in [0.05, 0.1) is 12.5 Å². The van der Waals surface area contributed by atoms with Gasteiger partial charge < -0.3 is 4.42 Å². The van der Waals surface area contributed by atoms with Crippen molar-refractivity contribution in [3.8, 4) is 0 Å². The Morgan fingerprint density at radius 2 is 1.50 bits per heavy atom. The number of hydrogen-bond acceptors (Lipinski definition) is 1. The van der Waals surface area contributed by atoms with Crippen LogP contribution >= 0.6 is 0 Å². The third kappa shape index (κ3) is 1.34. The van der Waals surface area contributed by atoms with Crippen molar-refractivity contribution in [2.75, 3.05) is 0 Å². The van der Waals surface area contributed by atoms with Crippen molar-refractivity contribution < 1.29 is 23.0 Å². The molecule has 26 valence electrons. The van der Waals surface area contributed by atoms with Crippen LogP contribution in [0.2, 0.25) is 0 Å². The Labute approximate surface area is 48.2 Å². The predicted octanol–water partition coefficient (Wildman–Crippen LogP) is 1.28. The van der Waals surface area contributed by atoms with Crippen LogP contribution in [0.15, 0.2) is 29.1 Å². The Morgan fingerprint density at radius 3 is 1.67 bits per heavy atom. The molecule has 2 heteroatoms. The summed E-state index contributed by atoms with van der Waals surface area (Å²) in [5.74, 6) is 0. The van der Waals surface area contributed by atoms with Gasteiger partial charge in [-0.15, -0.1) is 0 Å².